The zero-order valence-electron chi connectivity index (χ0n) is 50.5. The van der Waals surface area contributed by atoms with Gasteiger partial charge in [0.15, 0.2) is 8.32 Å². The molecule has 2 unspecified atom stereocenters. The molecule has 8 heteroatoms. The van der Waals surface area contributed by atoms with Crippen LogP contribution in [-0.4, -0.2) is 38.9 Å². The summed E-state index contributed by atoms with van der Waals surface area (Å²) in [4.78, 5) is 16.2. The second kappa shape index (κ2) is 26.4. The van der Waals surface area contributed by atoms with Gasteiger partial charge in [-0.15, -0.1) is 0 Å². The van der Waals surface area contributed by atoms with Crippen molar-refractivity contribution in [1.82, 2.24) is 0 Å². The van der Waals surface area contributed by atoms with Gasteiger partial charge in [0.2, 0.25) is 0 Å². The van der Waals surface area contributed by atoms with Crippen molar-refractivity contribution in [2.75, 3.05) is 7.11 Å². The number of benzene rings is 4. The Bertz CT molecular complexity index is 2790. The van der Waals surface area contributed by atoms with Crippen molar-refractivity contribution in [3.05, 3.63) is 159 Å². The second-order valence-corrected chi connectivity index (χ2v) is 29.8. The largest absolute Gasteiger partial charge is 0.468 e. The number of methoxy groups -OCH3 is 1. The SMILES string of the molecule is CCC(CC)(c1ccc(CCC(O)C(C)(C)C)c(C)c1)c1ccc(-c2ccco2)c(C)c1.CCC(CC)(c1ccc(CCC(O[Si](C)(C)C(C)(C)C)C(C)(C)C)c(C)c1)c1ccc(-c2ccc(OC)o2)c(C)c1.O=C=O. The molecule has 0 aliphatic carbocycles. The lowest BCUT2D eigenvalue weighted by Crippen LogP contribution is -2.47. The Kier molecular flexibility index (Phi) is 22.0. The van der Waals surface area contributed by atoms with Crippen LogP contribution in [0.4, 0.5) is 0 Å². The van der Waals surface area contributed by atoms with Gasteiger partial charge in [-0.05, 0) is 182 Å². The first kappa shape index (κ1) is 63.3. The molecule has 4 aromatic carbocycles. The van der Waals surface area contributed by atoms with Crippen molar-refractivity contribution in [2.24, 2.45) is 10.8 Å². The van der Waals surface area contributed by atoms with Gasteiger partial charge in [0.1, 0.15) is 11.5 Å². The minimum atomic E-state index is -1.85. The van der Waals surface area contributed by atoms with Gasteiger partial charge >= 0.3 is 6.15 Å². The topological polar surface area (TPSA) is 99.1 Å². The van der Waals surface area contributed by atoms with Gasteiger partial charge in [-0.25, -0.2) is 0 Å². The third kappa shape index (κ3) is 15.1. The molecule has 0 saturated carbocycles. The molecular weight excluding hydrogens is 957 g/mol. The van der Waals surface area contributed by atoms with Crippen molar-refractivity contribution < 1.29 is 32.7 Å². The highest BCUT2D eigenvalue weighted by Gasteiger charge is 2.42. The lowest BCUT2D eigenvalue weighted by Gasteiger charge is -2.43. The Balaban J connectivity index is 0.000000321. The van der Waals surface area contributed by atoms with Crippen molar-refractivity contribution in [1.29, 1.82) is 0 Å². The minimum Gasteiger partial charge on any atom is -0.468 e. The van der Waals surface area contributed by atoms with Crippen LogP contribution in [-0.2, 0) is 37.7 Å². The Labute approximate surface area is 460 Å². The highest BCUT2D eigenvalue weighted by Crippen LogP contribution is 2.45. The van der Waals surface area contributed by atoms with E-state index in [4.69, 9.17) is 27.6 Å². The van der Waals surface area contributed by atoms with E-state index in [0.717, 1.165) is 74.0 Å². The van der Waals surface area contributed by atoms with E-state index in [0.29, 0.717) is 5.95 Å². The molecule has 0 amide bonds. The molecule has 6 rings (SSSR count). The van der Waals surface area contributed by atoms with E-state index in [-0.39, 0.29) is 45.1 Å². The fraction of sp³-hybridized carbons (Fsp3) is 0.515. The van der Waals surface area contributed by atoms with Gasteiger partial charge in [0.25, 0.3) is 5.95 Å². The number of aliphatic hydroxyl groups is 1. The third-order valence-electron chi connectivity index (χ3n) is 17.2. The first-order valence-corrected chi connectivity index (χ1v) is 30.9. The highest BCUT2D eigenvalue weighted by molar-refractivity contribution is 6.74. The molecule has 0 aliphatic rings. The predicted octanol–water partition coefficient (Wildman–Crippen LogP) is 18.5. The molecule has 0 fully saturated rings. The Morgan fingerprint density at radius 1 is 0.566 bits per heavy atom. The van der Waals surface area contributed by atoms with Gasteiger partial charge < -0.3 is 23.1 Å². The first-order chi connectivity index (χ1) is 35.5. The maximum absolute atomic E-state index is 10.5. The van der Waals surface area contributed by atoms with Crippen molar-refractivity contribution in [3.8, 4) is 28.6 Å². The number of hydrogen-bond donors (Lipinski definition) is 1. The maximum Gasteiger partial charge on any atom is 0.373 e. The summed E-state index contributed by atoms with van der Waals surface area (Å²) in [5.74, 6) is 2.30. The summed E-state index contributed by atoms with van der Waals surface area (Å²) in [6, 6.07) is 35.7. The summed E-state index contributed by atoms with van der Waals surface area (Å²) in [6.07, 6.45) is 9.90. The maximum atomic E-state index is 10.5. The molecule has 0 aliphatic heterocycles. The monoisotopic (exact) mass is 1050 g/mol. The molecule has 6 aromatic rings. The number of carbonyl (C=O) groups excluding carboxylic acids is 2. The van der Waals surface area contributed by atoms with Gasteiger partial charge in [-0.2, -0.15) is 9.59 Å². The number of rotatable bonds is 19. The average Bonchev–Trinajstić information content (AvgIpc) is 4.07. The summed E-state index contributed by atoms with van der Waals surface area (Å²) in [5, 5.41) is 10.7. The molecule has 0 radical (unpaired) electrons. The molecule has 2 atom stereocenters. The summed E-state index contributed by atoms with van der Waals surface area (Å²) in [7, 11) is -0.221. The number of aliphatic hydroxyl groups excluding tert-OH is 1. The Hall–Kier alpha value is -5.24. The van der Waals surface area contributed by atoms with Crippen molar-refractivity contribution in [3.63, 3.8) is 0 Å². The summed E-state index contributed by atoms with van der Waals surface area (Å²) in [6.45, 7) is 43.1. The molecule has 0 bridgehead atoms. The van der Waals surface area contributed by atoms with Crippen LogP contribution in [0.25, 0.3) is 22.6 Å². The van der Waals surface area contributed by atoms with E-state index in [9.17, 15) is 5.11 Å². The standard InChI is InChI=1S/C37H56O3Si.C30H40O2.CO2/c1-14-37(15-2,30-19-20-31(27(4)25-30)32-21-23-34(38-11)39-32)29-18-16-28(26(3)24-29)17-22-33(35(5,6)7)40-41(12,13)36(8,9)10;1-8-30(9-2,25-15-16-26(22(4)20-25)27-11-10-18-32-27)24-14-12-23(21(3)19-24)13-17-28(31)29(5,6)7;2-1-3/h16,18-21,23-25,33H,14-15,17,22H2,1-13H3;10-12,14-16,18-20,28,31H,8-9,13,17H2,1-7H3;. The minimum absolute atomic E-state index is 0.0132. The quantitative estimate of drug-likeness (QED) is 0.0807. The molecule has 76 heavy (non-hydrogen) atoms. The van der Waals surface area contributed by atoms with Crippen LogP contribution in [0, 0.1) is 38.5 Å². The van der Waals surface area contributed by atoms with Gasteiger partial charge in [0.05, 0.1) is 25.6 Å². The number of furan rings is 2. The van der Waals surface area contributed by atoms with Crippen LogP contribution < -0.4 is 4.74 Å². The van der Waals surface area contributed by atoms with Crippen molar-refractivity contribution in [2.45, 2.75) is 210 Å². The van der Waals surface area contributed by atoms with Crippen molar-refractivity contribution >= 4 is 14.5 Å². The van der Waals surface area contributed by atoms with E-state index in [1.807, 2.05) is 24.3 Å². The normalized spacial score (nSPS) is 13.2. The molecule has 0 spiro atoms. The fourth-order valence-corrected chi connectivity index (χ4v) is 12.2. The van der Waals surface area contributed by atoms with Crippen LogP contribution in [0.3, 0.4) is 0 Å². The lowest BCUT2D eigenvalue weighted by molar-refractivity contribution is -0.191. The first-order valence-electron chi connectivity index (χ1n) is 28.0. The predicted molar refractivity (Wildman–Crippen MR) is 318 cm³/mol. The van der Waals surface area contributed by atoms with E-state index in [1.54, 1.807) is 13.4 Å². The molecule has 0 saturated heterocycles. The van der Waals surface area contributed by atoms with E-state index >= 15 is 0 Å². The van der Waals surface area contributed by atoms with E-state index < -0.39 is 8.32 Å². The smallest absolute Gasteiger partial charge is 0.373 e. The third-order valence-corrected chi connectivity index (χ3v) is 21.7. The van der Waals surface area contributed by atoms with E-state index in [2.05, 4.69) is 204 Å². The van der Waals surface area contributed by atoms with E-state index in [1.165, 1.54) is 55.6 Å². The number of aryl methyl sites for hydroxylation is 6. The lowest BCUT2D eigenvalue weighted by atomic mass is 9.69. The van der Waals surface area contributed by atoms with Gasteiger partial charge in [-0.3, -0.25) is 0 Å². The second-order valence-electron chi connectivity index (χ2n) is 25.0. The zero-order chi connectivity index (χ0) is 57.0. The molecule has 7 nitrogen and oxygen atoms in total. The van der Waals surface area contributed by atoms with Crippen LogP contribution in [0.15, 0.2) is 112 Å². The molecule has 1 N–H and O–H groups in total. The molecule has 414 valence electrons. The van der Waals surface area contributed by atoms with Gasteiger partial charge in [0, 0.05) is 28.0 Å². The summed E-state index contributed by atoms with van der Waals surface area (Å²) >= 11 is 0. The Morgan fingerprint density at radius 3 is 1.33 bits per heavy atom. The van der Waals surface area contributed by atoms with Crippen LogP contribution in [0.5, 0.6) is 5.95 Å². The van der Waals surface area contributed by atoms with Crippen LogP contribution in [0.1, 0.15) is 184 Å². The summed E-state index contributed by atoms with van der Waals surface area (Å²) < 4.78 is 23.7. The Morgan fingerprint density at radius 2 is 0.987 bits per heavy atom. The zero-order valence-corrected chi connectivity index (χ0v) is 51.5. The average molecular weight is 1050 g/mol. The molecule has 2 aromatic heterocycles. The molecular formula is C68H96O7Si. The number of hydrogen-bond acceptors (Lipinski definition) is 7. The number of ether oxygens (including phenoxy) is 1. The summed E-state index contributed by atoms with van der Waals surface area (Å²) in [5.41, 5.74) is 15.7. The fourth-order valence-electron chi connectivity index (χ4n) is 10.7. The van der Waals surface area contributed by atoms with Crippen LogP contribution >= 0.6 is 0 Å². The van der Waals surface area contributed by atoms with Gasteiger partial charge in [-0.1, -0.05) is 163 Å². The molecule has 2 heterocycles. The van der Waals surface area contributed by atoms with Crippen LogP contribution in [0.2, 0.25) is 18.1 Å². The highest BCUT2D eigenvalue weighted by atomic mass is 28.4.